The van der Waals surface area contributed by atoms with Crippen LogP contribution < -0.4 is 0 Å². The number of aliphatic hydroxyl groups excluding tert-OH is 1. The van der Waals surface area contributed by atoms with Gasteiger partial charge in [0.25, 0.3) is 0 Å². The maximum atomic E-state index is 10.7. The topological polar surface area (TPSA) is 29.5 Å². The van der Waals surface area contributed by atoms with Gasteiger partial charge in [0, 0.05) is 29.1 Å². The van der Waals surface area contributed by atoms with Crippen LogP contribution in [0.4, 0.5) is 0 Å². The molecule has 0 bridgehead atoms. The Bertz CT molecular complexity index is 283. The van der Waals surface area contributed by atoms with Crippen LogP contribution in [-0.4, -0.2) is 57.4 Å². The number of rotatable bonds is 2. The van der Waals surface area contributed by atoms with Crippen LogP contribution >= 0.6 is 35.3 Å². The Kier molecular flexibility index (Phi) is 5.34. The molecule has 3 fully saturated rings. The predicted octanol–water partition coefficient (Wildman–Crippen LogP) is 2.89. The van der Waals surface area contributed by atoms with Crippen LogP contribution in [0.5, 0.6) is 0 Å². The van der Waals surface area contributed by atoms with Gasteiger partial charge in [0.05, 0.1) is 11.7 Å². The first-order valence-electron chi connectivity index (χ1n) is 7.38. The van der Waals surface area contributed by atoms with E-state index < -0.39 is 0 Å². The first kappa shape index (κ1) is 14.9. The van der Waals surface area contributed by atoms with Crippen LogP contribution in [-0.2, 0) is 4.74 Å². The fourth-order valence-electron chi connectivity index (χ4n) is 3.46. The molecule has 3 unspecified atom stereocenters. The van der Waals surface area contributed by atoms with Crippen LogP contribution in [0.3, 0.4) is 0 Å². The Morgan fingerprint density at radius 3 is 2.68 bits per heavy atom. The molecule has 1 spiro atoms. The highest BCUT2D eigenvalue weighted by atomic mass is 32.2. The molecule has 0 aliphatic carbocycles. The molecule has 5 heteroatoms. The molecule has 0 aromatic heterocycles. The summed E-state index contributed by atoms with van der Waals surface area (Å²) in [5, 5.41) is 11.2. The summed E-state index contributed by atoms with van der Waals surface area (Å²) in [4.78, 5) is 0. The van der Waals surface area contributed by atoms with Crippen LogP contribution in [0.25, 0.3) is 0 Å². The lowest BCUT2D eigenvalue weighted by Crippen LogP contribution is -2.47. The summed E-state index contributed by atoms with van der Waals surface area (Å²) in [5.74, 6) is 6.52. The fourth-order valence-corrected chi connectivity index (χ4v) is 7.54. The Morgan fingerprint density at radius 1 is 1.11 bits per heavy atom. The summed E-state index contributed by atoms with van der Waals surface area (Å²) < 4.78 is 6.14. The summed E-state index contributed by atoms with van der Waals surface area (Å²) in [6, 6.07) is 0. The number of hydrogen-bond acceptors (Lipinski definition) is 5. The summed E-state index contributed by atoms with van der Waals surface area (Å²) in [5.41, 5.74) is 0.113. The minimum atomic E-state index is -0.117. The second kappa shape index (κ2) is 6.82. The van der Waals surface area contributed by atoms with Crippen molar-refractivity contribution >= 4 is 35.3 Å². The first-order chi connectivity index (χ1) is 9.29. The van der Waals surface area contributed by atoms with Gasteiger partial charge in [0.2, 0.25) is 0 Å². The lowest BCUT2D eigenvalue weighted by molar-refractivity contribution is -0.120. The van der Waals surface area contributed by atoms with E-state index in [0.717, 1.165) is 25.2 Å². The zero-order chi connectivity index (χ0) is 13.1. The maximum Gasteiger partial charge on any atom is 0.0701 e. The van der Waals surface area contributed by atoms with E-state index in [2.05, 4.69) is 11.8 Å². The number of thioether (sulfide) groups is 3. The molecule has 3 heterocycles. The van der Waals surface area contributed by atoms with Gasteiger partial charge in [-0.25, -0.2) is 0 Å². The van der Waals surface area contributed by atoms with Gasteiger partial charge >= 0.3 is 0 Å². The van der Waals surface area contributed by atoms with Gasteiger partial charge < -0.3 is 9.84 Å². The average Bonchev–Trinajstić information content (AvgIpc) is 2.48. The van der Waals surface area contributed by atoms with Gasteiger partial charge in [-0.15, -0.1) is 0 Å². The van der Waals surface area contributed by atoms with Gasteiger partial charge in [-0.2, -0.15) is 35.3 Å². The Labute approximate surface area is 129 Å². The molecule has 0 saturated carbocycles. The quantitative estimate of drug-likeness (QED) is 0.845. The first-order valence-corrected chi connectivity index (χ1v) is 10.7. The SMILES string of the molecule is OC(C1CCOC2(CCSCC2)C1)C1CSCCS1. The molecule has 0 aromatic rings. The molecule has 3 aliphatic rings. The summed E-state index contributed by atoms with van der Waals surface area (Å²) in [7, 11) is 0. The predicted molar refractivity (Wildman–Crippen MR) is 87.5 cm³/mol. The molecule has 0 amide bonds. The third-order valence-electron chi connectivity index (χ3n) is 4.64. The van der Waals surface area contributed by atoms with Crippen molar-refractivity contribution < 1.29 is 9.84 Å². The van der Waals surface area contributed by atoms with E-state index in [-0.39, 0.29) is 11.7 Å². The van der Waals surface area contributed by atoms with Crippen molar-refractivity contribution in [3.8, 4) is 0 Å². The van der Waals surface area contributed by atoms with Crippen molar-refractivity contribution in [2.24, 2.45) is 5.92 Å². The van der Waals surface area contributed by atoms with Gasteiger partial charge in [-0.1, -0.05) is 0 Å². The minimum Gasteiger partial charge on any atom is -0.392 e. The van der Waals surface area contributed by atoms with Crippen LogP contribution in [0.15, 0.2) is 0 Å². The third kappa shape index (κ3) is 3.60. The maximum absolute atomic E-state index is 10.7. The second-order valence-corrected chi connectivity index (χ2v) is 9.59. The highest BCUT2D eigenvalue weighted by molar-refractivity contribution is 8.06. The molecule has 3 aliphatic heterocycles. The minimum absolute atomic E-state index is 0.113. The molecule has 3 atom stereocenters. The monoisotopic (exact) mass is 320 g/mol. The molecule has 3 rings (SSSR count). The number of ether oxygens (including phenoxy) is 1. The van der Waals surface area contributed by atoms with Crippen molar-refractivity contribution in [1.82, 2.24) is 0 Å². The van der Waals surface area contributed by atoms with Gasteiger partial charge in [0.1, 0.15) is 0 Å². The Balaban J connectivity index is 1.60. The third-order valence-corrected chi connectivity index (χ3v) is 8.50. The molecule has 110 valence electrons. The van der Waals surface area contributed by atoms with Crippen LogP contribution in [0.2, 0.25) is 0 Å². The second-order valence-electron chi connectivity index (χ2n) is 5.87. The zero-order valence-corrected chi connectivity index (χ0v) is 13.8. The Hall–Kier alpha value is 0.970. The van der Waals surface area contributed by atoms with Gasteiger partial charge in [0.15, 0.2) is 0 Å². The van der Waals surface area contributed by atoms with E-state index in [0.29, 0.717) is 11.2 Å². The molecule has 1 N–H and O–H groups in total. The average molecular weight is 321 g/mol. The lowest BCUT2D eigenvalue weighted by Gasteiger charge is -2.45. The van der Waals surface area contributed by atoms with E-state index in [1.54, 1.807) is 0 Å². The number of hydrogen-bond donors (Lipinski definition) is 1. The van der Waals surface area contributed by atoms with Crippen LogP contribution in [0, 0.1) is 5.92 Å². The van der Waals surface area contributed by atoms with E-state index in [9.17, 15) is 5.11 Å². The van der Waals surface area contributed by atoms with Crippen molar-refractivity contribution in [3.63, 3.8) is 0 Å². The standard InChI is InChI=1S/C14H24O2S3/c15-13(12-10-18-7-8-19-12)11-1-4-16-14(9-11)2-5-17-6-3-14/h11-13,15H,1-10H2. The van der Waals surface area contributed by atoms with Crippen molar-refractivity contribution in [2.75, 3.05) is 35.4 Å². The summed E-state index contributed by atoms with van der Waals surface area (Å²) in [6.45, 7) is 0.858. The lowest BCUT2D eigenvalue weighted by atomic mass is 9.79. The Morgan fingerprint density at radius 2 is 1.95 bits per heavy atom. The molecular formula is C14H24O2S3. The zero-order valence-electron chi connectivity index (χ0n) is 11.4. The molecule has 3 saturated heterocycles. The summed E-state index contributed by atoms with van der Waals surface area (Å²) >= 11 is 6.04. The molecule has 2 nitrogen and oxygen atoms in total. The largest absolute Gasteiger partial charge is 0.392 e. The number of aliphatic hydroxyl groups is 1. The van der Waals surface area contributed by atoms with Crippen molar-refractivity contribution in [3.05, 3.63) is 0 Å². The molecule has 0 radical (unpaired) electrons. The highest BCUT2D eigenvalue weighted by Gasteiger charge is 2.42. The van der Waals surface area contributed by atoms with E-state index in [1.807, 2.05) is 23.5 Å². The van der Waals surface area contributed by atoms with E-state index >= 15 is 0 Å². The van der Waals surface area contributed by atoms with Crippen molar-refractivity contribution in [2.45, 2.75) is 42.6 Å². The fraction of sp³-hybridized carbons (Fsp3) is 1.00. The van der Waals surface area contributed by atoms with E-state index in [4.69, 9.17) is 4.74 Å². The molecule has 0 aromatic carbocycles. The smallest absolute Gasteiger partial charge is 0.0701 e. The van der Waals surface area contributed by atoms with E-state index in [1.165, 1.54) is 35.9 Å². The van der Waals surface area contributed by atoms with Gasteiger partial charge in [-0.3, -0.25) is 0 Å². The summed E-state index contributed by atoms with van der Waals surface area (Å²) in [6.07, 6.45) is 4.41. The van der Waals surface area contributed by atoms with Gasteiger partial charge in [-0.05, 0) is 43.1 Å². The molecular weight excluding hydrogens is 296 g/mol. The normalized spacial score (nSPS) is 37.1. The molecule has 19 heavy (non-hydrogen) atoms. The highest BCUT2D eigenvalue weighted by Crippen LogP contribution is 2.42. The van der Waals surface area contributed by atoms with Crippen LogP contribution in [0.1, 0.15) is 25.7 Å². The van der Waals surface area contributed by atoms with Crippen molar-refractivity contribution in [1.29, 1.82) is 0 Å².